The Morgan fingerprint density at radius 1 is 1.00 bits per heavy atom. The first-order valence-corrected chi connectivity index (χ1v) is 9.52. The van der Waals surface area contributed by atoms with E-state index in [-0.39, 0.29) is 11.7 Å². The SMILES string of the molecule is CN(C)CCNC(=O)c1cccc2nc3ccc4c(/C(N)=N/O)cccc4c3nc12. The highest BCUT2D eigenvalue weighted by Crippen LogP contribution is 2.28. The zero-order valence-corrected chi connectivity index (χ0v) is 16.8. The number of nitrogens with one attached hydrogen (secondary N) is 1. The van der Waals surface area contributed by atoms with Gasteiger partial charge in [0.25, 0.3) is 5.91 Å². The molecule has 30 heavy (non-hydrogen) atoms. The number of amidine groups is 1. The number of para-hydroxylation sites is 1. The number of likely N-dealkylation sites (N-methyl/N-ethyl adjacent to an activating group) is 1. The number of hydrogen-bond acceptors (Lipinski definition) is 6. The summed E-state index contributed by atoms with van der Waals surface area (Å²) in [4.78, 5) is 24.3. The summed E-state index contributed by atoms with van der Waals surface area (Å²) in [6, 6.07) is 14.6. The molecule has 0 aliphatic rings. The molecule has 0 aliphatic carbocycles. The molecule has 1 heterocycles. The molecular weight excluding hydrogens is 380 g/mol. The quantitative estimate of drug-likeness (QED) is 0.118. The maximum Gasteiger partial charge on any atom is 0.253 e. The average Bonchev–Trinajstić information content (AvgIpc) is 2.75. The van der Waals surface area contributed by atoms with Crippen molar-refractivity contribution >= 4 is 44.6 Å². The molecule has 4 rings (SSSR count). The summed E-state index contributed by atoms with van der Waals surface area (Å²) in [5, 5.41) is 16.7. The number of hydrogen-bond donors (Lipinski definition) is 3. The first-order chi connectivity index (χ1) is 14.5. The third-order valence-electron chi connectivity index (χ3n) is 4.96. The summed E-state index contributed by atoms with van der Waals surface area (Å²) in [5.41, 5.74) is 9.46. The van der Waals surface area contributed by atoms with E-state index in [1.54, 1.807) is 18.2 Å². The standard InChI is InChI=1S/C22H22N6O2/c1-28(2)12-11-24-22(29)16-7-4-8-17-20(16)26-19-14-5-3-6-15(21(23)27-30)13(14)9-10-18(19)25-17/h3-10,30H,11-12H2,1-2H3,(H2,23,27)(H,24,29). The number of oxime groups is 1. The number of aromatic nitrogens is 2. The highest BCUT2D eigenvalue weighted by molar-refractivity contribution is 6.16. The second-order valence-corrected chi connectivity index (χ2v) is 7.28. The molecule has 0 saturated heterocycles. The van der Waals surface area contributed by atoms with E-state index < -0.39 is 0 Å². The Balaban J connectivity index is 1.89. The van der Waals surface area contributed by atoms with Crippen LogP contribution in [0.4, 0.5) is 0 Å². The highest BCUT2D eigenvalue weighted by Gasteiger charge is 2.15. The average molecular weight is 402 g/mol. The lowest BCUT2D eigenvalue weighted by molar-refractivity contribution is 0.0952. The van der Waals surface area contributed by atoms with Crippen LogP contribution in [-0.4, -0.2) is 59.0 Å². The van der Waals surface area contributed by atoms with E-state index in [2.05, 4.69) is 10.5 Å². The fourth-order valence-electron chi connectivity index (χ4n) is 3.47. The van der Waals surface area contributed by atoms with E-state index in [9.17, 15) is 4.79 Å². The molecule has 4 aromatic rings. The van der Waals surface area contributed by atoms with Crippen LogP contribution in [0, 0.1) is 0 Å². The van der Waals surface area contributed by atoms with E-state index in [0.29, 0.717) is 39.7 Å². The second kappa shape index (κ2) is 7.92. The molecule has 3 aromatic carbocycles. The molecule has 8 heteroatoms. The van der Waals surface area contributed by atoms with Gasteiger partial charge in [0.2, 0.25) is 0 Å². The van der Waals surface area contributed by atoms with Gasteiger partial charge in [-0.05, 0) is 37.7 Å². The first kappa shape index (κ1) is 19.5. The number of rotatable bonds is 5. The molecule has 0 aliphatic heterocycles. The highest BCUT2D eigenvalue weighted by atomic mass is 16.4. The molecule has 8 nitrogen and oxygen atoms in total. The lowest BCUT2D eigenvalue weighted by atomic mass is 10.0. The molecule has 0 spiro atoms. The van der Waals surface area contributed by atoms with Gasteiger partial charge in [0, 0.05) is 24.0 Å². The van der Waals surface area contributed by atoms with Crippen LogP contribution >= 0.6 is 0 Å². The number of fused-ring (bicyclic) bond motifs is 4. The summed E-state index contributed by atoms with van der Waals surface area (Å²) in [6.45, 7) is 1.28. The second-order valence-electron chi connectivity index (χ2n) is 7.28. The summed E-state index contributed by atoms with van der Waals surface area (Å²) in [5.74, 6) is -0.164. The Bertz CT molecular complexity index is 1300. The van der Waals surface area contributed by atoms with Gasteiger partial charge in [-0.25, -0.2) is 9.97 Å². The van der Waals surface area contributed by atoms with E-state index in [1.807, 2.05) is 49.3 Å². The first-order valence-electron chi connectivity index (χ1n) is 9.52. The molecule has 0 atom stereocenters. The Morgan fingerprint density at radius 2 is 1.73 bits per heavy atom. The minimum Gasteiger partial charge on any atom is -0.409 e. The van der Waals surface area contributed by atoms with Crippen LogP contribution in [0.15, 0.2) is 53.7 Å². The molecular formula is C22H22N6O2. The number of carbonyl (C=O) groups excluding carboxylic acids is 1. The predicted molar refractivity (Wildman–Crippen MR) is 118 cm³/mol. The van der Waals surface area contributed by atoms with Crippen molar-refractivity contribution in [2.75, 3.05) is 27.2 Å². The molecule has 1 aromatic heterocycles. The predicted octanol–water partition coefficient (Wildman–Crippen LogP) is 2.32. The van der Waals surface area contributed by atoms with Gasteiger partial charge < -0.3 is 21.2 Å². The number of nitrogens with two attached hydrogens (primary N) is 1. The number of carbonyl (C=O) groups is 1. The molecule has 0 radical (unpaired) electrons. The Hall–Kier alpha value is -3.78. The zero-order valence-electron chi connectivity index (χ0n) is 16.8. The molecule has 1 amide bonds. The van der Waals surface area contributed by atoms with Crippen molar-refractivity contribution < 1.29 is 10.0 Å². The summed E-state index contributed by atoms with van der Waals surface area (Å²) in [6.07, 6.45) is 0. The van der Waals surface area contributed by atoms with Crippen molar-refractivity contribution in [2.45, 2.75) is 0 Å². The molecule has 0 saturated carbocycles. The van der Waals surface area contributed by atoms with E-state index >= 15 is 0 Å². The van der Waals surface area contributed by atoms with Gasteiger partial charge in [-0.15, -0.1) is 0 Å². The lowest BCUT2D eigenvalue weighted by Gasteiger charge is -2.12. The largest absolute Gasteiger partial charge is 0.409 e. The van der Waals surface area contributed by atoms with Crippen molar-refractivity contribution in [1.29, 1.82) is 0 Å². The molecule has 0 bridgehead atoms. The van der Waals surface area contributed by atoms with Gasteiger partial charge in [0.05, 0.1) is 22.1 Å². The number of benzene rings is 3. The van der Waals surface area contributed by atoms with Gasteiger partial charge in [-0.3, -0.25) is 4.79 Å². The Kier molecular flexibility index (Phi) is 5.16. The lowest BCUT2D eigenvalue weighted by Crippen LogP contribution is -2.31. The maximum atomic E-state index is 12.8. The van der Waals surface area contributed by atoms with Crippen molar-refractivity contribution in [2.24, 2.45) is 10.9 Å². The van der Waals surface area contributed by atoms with Gasteiger partial charge >= 0.3 is 0 Å². The van der Waals surface area contributed by atoms with Gasteiger partial charge in [0.15, 0.2) is 5.84 Å². The van der Waals surface area contributed by atoms with E-state index in [0.717, 1.165) is 17.3 Å². The van der Waals surface area contributed by atoms with Crippen molar-refractivity contribution in [3.63, 3.8) is 0 Å². The minimum atomic E-state index is -0.186. The van der Waals surface area contributed by atoms with Crippen LogP contribution < -0.4 is 11.1 Å². The normalized spacial score (nSPS) is 12.2. The van der Waals surface area contributed by atoms with Crippen molar-refractivity contribution in [1.82, 2.24) is 20.2 Å². The molecule has 152 valence electrons. The van der Waals surface area contributed by atoms with E-state index in [1.165, 1.54) is 0 Å². The van der Waals surface area contributed by atoms with Crippen LogP contribution in [-0.2, 0) is 0 Å². The smallest absolute Gasteiger partial charge is 0.253 e. The topological polar surface area (TPSA) is 117 Å². The number of nitrogens with zero attached hydrogens (tertiary/aromatic N) is 4. The number of amides is 1. The van der Waals surface area contributed by atoms with Crippen LogP contribution in [0.25, 0.3) is 32.8 Å². The van der Waals surface area contributed by atoms with Crippen LogP contribution in [0.2, 0.25) is 0 Å². The van der Waals surface area contributed by atoms with Gasteiger partial charge in [0.1, 0.15) is 5.52 Å². The van der Waals surface area contributed by atoms with Gasteiger partial charge in [-0.2, -0.15) is 0 Å². The Morgan fingerprint density at radius 3 is 2.50 bits per heavy atom. The molecule has 4 N–H and O–H groups in total. The van der Waals surface area contributed by atoms with Gasteiger partial charge in [-0.1, -0.05) is 35.5 Å². The minimum absolute atomic E-state index is 0.0228. The Labute approximate surface area is 173 Å². The zero-order chi connectivity index (χ0) is 21.3. The monoisotopic (exact) mass is 402 g/mol. The maximum absolute atomic E-state index is 12.8. The van der Waals surface area contributed by atoms with E-state index in [4.69, 9.17) is 20.9 Å². The molecule has 0 unspecified atom stereocenters. The van der Waals surface area contributed by atoms with Crippen LogP contribution in [0.5, 0.6) is 0 Å². The summed E-state index contributed by atoms with van der Waals surface area (Å²) in [7, 11) is 3.91. The van der Waals surface area contributed by atoms with Crippen LogP contribution in [0.3, 0.4) is 0 Å². The summed E-state index contributed by atoms with van der Waals surface area (Å²) >= 11 is 0. The van der Waals surface area contributed by atoms with Crippen molar-refractivity contribution in [3.8, 4) is 0 Å². The third-order valence-corrected chi connectivity index (χ3v) is 4.96. The van der Waals surface area contributed by atoms with Crippen molar-refractivity contribution in [3.05, 3.63) is 59.7 Å². The molecule has 0 fully saturated rings. The van der Waals surface area contributed by atoms with Crippen LogP contribution in [0.1, 0.15) is 15.9 Å². The summed E-state index contributed by atoms with van der Waals surface area (Å²) < 4.78 is 0. The fraction of sp³-hybridized carbons (Fsp3) is 0.182. The fourth-order valence-corrected chi connectivity index (χ4v) is 3.47. The third kappa shape index (κ3) is 3.48.